The Bertz CT molecular complexity index is 1440. The van der Waals surface area contributed by atoms with Crippen molar-refractivity contribution in [2.45, 2.75) is 76.6 Å². The summed E-state index contributed by atoms with van der Waals surface area (Å²) in [4.78, 5) is 46.3. The molecule has 8 nitrogen and oxygen atoms in total. The van der Waals surface area contributed by atoms with Gasteiger partial charge in [-0.25, -0.2) is 4.79 Å². The van der Waals surface area contributed by atoms with E-state index in [9.17, 15) is 27.6 Å². The number of rotatable bonds is 4. The number of alkyl halides is 3. The summed E-state index contributed by atoms with van der Waals surface area (Å²) in [5.74, 6) is -1.53. The average molecular weight is 613 g/mol. The number of benzene rings is 1. The highest BCUT2D eigenvalue weighted by Gasteiger charge is 2.54. The van der Waals surface area contributed by atoms with E-state index in [1.54, 1.807) is 37.1 Å². The number of carbonyl (C=O) groups is 3. The van der Waals surface area contributed by atoms with Crippen LogP contribution in [0.5, 0.6) is 0 Å². The molecule has 3 aliphatic rings. The van der Waals surface area contributed by atoms with E-state index in [0.717, 1.165) is 44.2 Å². The van der Waals surface area contributed by atoms with Gasteiger partial charge in [0.25, 0.3) is 0 Å². The maximum atomic E-state index is 13.6. The second-order valence-electron chi connectivity index (χ2n) is 12.3. The van der Waals surface area contributed by atoms with Crippen LogP contribution in [-0.4, -0.2) is 53.0 Å². The van der Waals surface area contributed by atoms with E-state index in [1.807, 2.05) is 6.92 Å². The molecule has 2 saturated carbocycles. The summed E-state index contributed by atoms with van der Waals surface area (Å²) in [5, 5.41) is 5.69. The molecule has 2 heterocycles. The molecule has 236 valence electrons. The number of aromatic nitrogens is 1. The minimum atomic E-state index is -4.63. The van der Waals surface area contributed by atoms with E-state index in [-0.39, 0.29) is 41.8 Å². The van der Waals surface area contributed by atoms with E-state index in [1.165, 1.54) is 6.07 Å². The van der Waals surface area contributed by atoms with Crippen LogP contribution in [0, 0.1) is 24.7 Å². The third kappa shape index (κ3) is 6.92. The summed E-state index contributed by atoms with van der Waals surface area (Å²) in [6, 6.07) is 8.18. The Hall–Kier alpha value is -3.89. The van der Waals surface area contributed by atoms with Crippen molar-refractivity contribution in [3.8, 4) is 11.3 Å². The van der Waals surface area contributed by atoms with Crippen molar-refractivity contribution in [3.63, 3.8) is 0 Å². The first-order valence-corrected chi connectivity index (χ1v) is 15.3. The van der Waals surface area contributed by atoms with Gasteiger partial charge in [0.05, 0.1) is 28.8 Å². The van der Waals surface area contributed by atoms with Gasteiger partial charge in [0.1, 0.15) is 6.10 Å². The van der Waals surface area contributed by atoms with Crippen LogP contribution >= 0.6 is 0 Å². The predicted molar refractivity (Wildman–Crippen MR) is 159 cm³/mol. The average Bonchev–Trinajstić information content (AvgIpc) is 3.49. The number of carbonyl (C=O) groups excluding carboxylic acids is 3. The first-order chi connectivity index (χ1) is 20.9. The molecule has 2 N–H and O–H groups in total. The zero-order chi connectivity index (χ0) is 31.6. The molecule has 0 bridgehead atoms. The number of nitrogens with zero attached hydrogens (tertiary/aromatic N) is 2. The van der Waals surface area contributed by atoms with Crippen LogP contribution in [0.3, 0.4) is 0 Å². The number of nitrogens with one attached hydrogen (secondary N) is 2. The lowest BCUT2D eigenvalue weighted by atomic mass is 9.92. The molecule has 5 atom stereocenters. The molecule has 0 saturated heterocycles. The Balaban J connectivity index is 1.35. The fourth-order valence-corrected chi connectivity index (χ4v) is 6.51. The molecule has 44 heavy (non-hydrogen) atoms. The van der Waals surface area contributed by atoms with Gasteiger partial charge in [0, 0.05) is 36.3 Å². The summed E-state index contributed by atoms with van der Waals surface area (Å²) < 4.78 is 46.4. The molecule has 2 fully saturated rings. The van der Waals surface area contributed by atoms with Crippen LogP contribution in [0.15, 0.2) is 48.6 Å². The van der Waals surface area contributed by atoms with Gasteiger partial charge in [-0.15, -0.1) is 0 Å². The summed E-state index contributed by atoms with van der Waals surface area (Å²) in [6.45, 7) is 4.34. The number of halogens is 3. The number of ether oxygens (including phenoxy) is 1. The monoisotopic (exact) mass is 612 g/mol. The number of amides is 3. The summed E-state index contributed by atoms with van der Waals surface area (Å²) in [6.07, 6.45) is 2.55. The van der Waals surface area contributed by atoms with Crippen molar-refractivity contribution in [2.75, 3.05) is 18.9 Å². The molecule has 1 aromatic carbocycles. The van der Waals surface area contributed by atoms with Crippen LogP contribution in [0.1, 0.15) is 63.1 Å². The number of hydrogen-bond donors (Lipinski definition) is 2. The number of allylic oxidation sites excluding steroid dienone is 1. The van der Waals surface area contributed by atoms with Gasteiger partial charge in [-0.1, -0.05) is 31.2 Å². The molecule has 0 spiro atoms. The molecule has 2 aliphatic carbocycles. The smallest absolute Gasteiger partial charge is 0.416 e. The van der Waals surface area contributed by atoms with Crippen LogP contribution in [0.2, 0.25) is 0 Å². The van der Waals surface area contributed by atoms with E-state index in [0.29, 0.717) is 23.5 Å². The van der Waals surface area contributed by atoms with Crippen molar-refractivity contribution in [2.24, 2.45) is 17.8 Å². The second kappa shape index (κ2) is 12.6. The molecular formula is C33H39F3N4O4. The normalized spacial score (nSPS) is 28.3. The largest absolute Gasteiger partial charge is 0.446 e. The zero-order valence-corrected chi connectivity index (χ0v) is 25.2. The van der Waals surface area contributed by atoms with Gasteiger partial charge in [-0.2, -0.15) is 13.2 Å². The molecule has 1 aromatic heterocycles. The van der Waals surface area contributed by atoms with Crippen LogP contribution in [0.4, 0.5) is 23.7 Å². The number of fused-ring (bicyclic) bond motifs is 2. The maximum absolute atomic E-state index is 13.6. The van der Waals surface area contributed by atoms with Gasteiger partial charge >= 0.3 is 12.3 Å². The fourth-order valence-electron chi connectivity index (χ4n) is 6.51. The van der Waals surface area contributed by atoms with E-state index in [4.69, 9.17) is 4.74 Å². The molecule has 1 aliphatic heterocycles. The second-order valence-corrected chi connectivity index (χ2v) is 12.3. The minimum Gasteiger partial charge on any atom is -0.446 e. The van der Waals surface area contributed by atoms with E-state index < -0.39 is 35.8 Å². The highest BCUT2D eigenvalue weighted by atomic mass is 19.4. The van der Waals surface area contributed by atoms with Gasteiger partial charge in [-0.3, -0.25) is 19.9 Å². The number of anilines is 1. The topological polar surface area (TPSA) is 101 Å². The predicted octanol–water partition coefficient (Wildman–Crippen LogP) is 6.50. The first kappa shape index (κ1) is 31.5. The van der Waals surface area contributed by atoms with Crippen LogP contribution in [0.25, 0.3) is 11.3 Å². The van der Waals surface area contributed by atoms with Crippen molar-refractivity contribution in [1.82, 2.24) is 15.2 Å². The number of aryl methyl sites for hydroxylation is 1. The summed E-state index contributed by atoms with van der Waals surface area (Å²) in [7, 11) is 1.72. The number of hydrogen-bond acceptors (Lipinski definition) is 5. The maximum Gasteiger partial charge on any atom is 0.416 e. The highest BCUT2D eigenvalue weighted by molar-refractivity contribution is 5.92. The summed E-state index contributed by atoms with van der Waals surface area (Å²) >= 11 is 0. The van der Waals surface area contributed by atoms with Crippen molar-refractivity contribution in [1.29, 1.82) is 0 Å². The zero-order valence-electron chi connectivity index (χ0n) is 25.2. The Morgan fingerprint density at radius 2 is 1.93 bits per heavy atom. The molecule has 2 aromatic rings. The Morgan fingerprint density at radius 1 is 1.16 bits per heavy atom. The van der Waals surface area contributed by atoms with Crippen LogP contribution < -0.4 is 10.6 Å². The van der Waals surface area contributed by atoms with Crippen molar-refractivity contribution < 1.29 is 32.3 Å². The van der Waals surface area contributed by atoms with E-state index >= 15 is 0 Å². The third-order valence-electron chi connectivity index (χ3n) is 9.19. The Kier molecular flexibility index (Phi) is 9.04. The quantitative estimate of drug-likeness (QED) is 0.384. The molecule has 0 radical (unpaired) electrons. The van der Waals surface area contributed by atoms with Gasteiger partial charge in [-0.05, 0) is 76.1 Å². The fraction of sp³-hybridized carbons (Fsp3) is 0.515. The molecule has 0 unspecified atom stereocenters. The van der Waals surface area contributed by atoms with Crippen LogP contribution in [-0.2, 0) is 20.5 Å². The SMILES string of the molecule is CC[C@@]12C[C@H]1/C=C\CCCCN(C)C(=O)[C@@H]1C[C@H](OC(=O)Nc3cc(C(F)(F)F)ccc3-c3cccc(C)n3)C[C@H]1C(=O)N2. The highest BCUT2D eigenvalue weighted by Crippen LogP contribution is 2.48. The lowest BCUT2D eigenvalue weighted by Gasteiger charge is -2.26. The van der Waals surface area contributed by atoms with Crippen molar-refractivity contribution in [3.05, 3.63) is 59.8 Å². The molecule has 5 rings (SSSR count). The minimum absolute atomic E-state index is 0.106. The standard InChI is InChI=1S/C33H39F3N4O4/c1-4-32-19-22(32)11-7-5-6-8-15-40(3)30(42)26-18-23(17-25(26)29(41)39-32)44-31(43)38-28-16-21(33(34,35)36)13-14-24(28)27-12-9-10-20(2)37-27/h7,9-14,16,22-23,25-26H,4-6,8,15,17-19H2,1-3H3,(H,38,43)(H,39,41)/b11-7-/t22-,23-,25-,26-,32-/m1/s1. The number of pyridine rings is 1. The van der Waals surface area contributed by atoms with Crippen molar-refractivity contribution >= 4 is 23.6 Å². The van der Waals surface area contributed by atoms with Gasteiger partial charge in [0.2, 0.25) is 11.8 Å². The molecular weight excluding hydrogens is 573 g/mol. The Morgan fingerprint density at radius 3 is 2.66 bits per heavy atom. The first-order valence-electron chi connectivity index (χ1n) is 15.3. The molecule has 3 amide bonds. The Labute approximate surface area is 255 Å². The summed E-state index contributed by atoms with van der Waals surface area (Å²) in [5.41, 5.74) is -0.0260. The van der Waals surface area contributed by atoms with Gasteiger partial charge in [0.15, 0.2) is 0 Å². The molecule has 11 heteroatoms. The third-order valence-corrected chi connectivity index (χ3v) is 9.19. The van der Waals surface area contributed by atoms with E-state index in [2.05, 4.69) is 27.8 Å². The lowest BCUT2D eigenvalue weighted by Crippen LogP contribution is -2.45. The van der Waals surface area contributed by atoms with Gasteiger partial charge < -0.3 is 15.0 Å². The lowest BCUT2D eigenvalue weighted by molar-refractivity contribution is -0.140.